The van der Waals surface area contributed by atoms with Crippen LogP contribution in [-0.2, 0) is 23.1 Å². The average molecular weight is 212 g/mol. The van der Waals surface area contributed by atoms with Gasteiger partial charge in [-0.2, -0.15) is 0 Å². The average Bonchev–Trinajstić information content (AvgIpc) is 2.65. The number of rotatable bonds is 5. The van der Waals surface area contributed by atoms with Crippen molar-refractivity contribution in [2.75, 3.05) is 7.11 Å². The molecule has 1 rings (SSSR count). The predicted molar refractivity (Wildman–Crippen MR) is 53.9 cm³/mol. The molecule has 0 aliphatic carbocycles. The van der Waals surface area contributed by atoms with Crippen molar-refractivity contribution in [2.24, 2.45) is 7.05 Å². The number of nitrogens with one attached hydrogen (secondary N) is 1. The molecule has 0 saturated heterocycles. The number of aromatic nitrogens is 3. The van der Waals surface area contributed by atoms with Crippen molar-refractivity contribution < 1.29 is 9.53 Å². The number of nitrogens with zero attached hydrogens (tertiary/aromatic N) is 3. The number of methoxy groups -OCH3 is 1. The molecule has 0 aromatic carbocycles. The summed E-state index contributed by atoms with van der Waals surface area (Å²) in [6.45, 7) is 2.43. The Kier molecular flexibility index (Phi) is 4.23. The molecule has 0 spiro atoms. The maximum absolute atomic E-state index is 11.3. The van der Waals surface area contributed by atoms with E-state index in [0.717, 1.165) is 5.82 Å². The first-order valence-corrected chi connectivity index (χ1v) is 4.83. The minimum absolute atomic E-state index is 0.250. The van der Waals surface area contributed by atoms with Crippen molar-refractivity contribution in [1.82, 2.24) is 20.1 Å². The Bertz CT molecular complexity index is 324. The van der Waals surface area contributed by atoms with Crippen LogP contribution in [0.3, 0.4) is 0 Å². The summed E-state index contributed by atoms with van der Waals surface area (Å²) in [6, 6.07) is -0.285. The van der Waals surface area contributed by atoms with Crippen LogP contribution in [0.1, 0.15) is 19.2 Å². The fraction of sp³-hybridized carbons (Fsp3) is 0.667. The molecule has 0 radical (unpaired) electrons. The summed E-state index contributed by atoms with van der Waals surface area (Å²) in [5, 5.41) is 10.7. The van der Waals surface area contributed by atoms with Gasteiger partial charge >= 0.3 is 5.97 Å². The molecule has 1 heterocycles. The van der Waals surface area contributed by atoms with Gasteiger partial charge in [-0.1, -0.05) is 6.92 Å². The van der Waals surface area contributed by atoms with Gasteiger partial charge in [0.1, 0.15) is 18.2 Å². The maximum atomic E-state index is 11.3. The van der Waals surface area contributed by atoms with E-state index >= 15 is 0 Å². The minimum Gasteiger partial charge on any atom is -0.468 e. The third kappa shape index (κ3) is 3.02. The third-order valence-corrected chi connectivity index (χ3v) is 2.21. The molecule has 1 aromatic heterocycles. The number of hydrogen-bond donors (Lipinski definition) is 1. The molecule has 0 amide bonds. The molecular formula is C9H16N4O2. The minimum atomic E-state index is -0.285. The van der Waals surface area contributed by atoms with Crippen molar-refractivity contribution in [3.05, 3.63) is 12.2 Å². The van der Waals surface area contributed by atoms with E-state index in [2.05, 4.69) is 20.3 Å². The van der Waals surface area contributed by atoms with Crippen LogP contribution in [0.25, 0.3) is 0 Å². The molecule has 0 fully saturated rings. The quantitative estimate of drug-likeness (QED) is 0.688. The second-order valence-corrected chi connectivity index (χ2v) is 3.22. The molecule has 1 aromatic rings. The van der Waals surface area contributed by atoms with Crippen molar-refractivity contribution in [3.63, 3.8) is 0 Å². The summed E-state index contributed by atoms with van der Waals surface area (Å²) in [5.74, 6) is 0.539. The molecule has 1 atom stereocenters. The van der Waals surface area contributed by atoms with E-state index in [1.807, 2.05) is 14.0 Å². The molecule has 84 valence electrons. The first kappa shape index (κ1) is 11.6. The van der Waals surface area contributed by atoms with Crippen LogP contribution < -0.4 is 5.32 Å². The first-order chi connectivity index (χ1) is 7.19. The van der Waals surface area contributed by atoms with E-state index in [1.54, 1.807) is 10.9 Å². The van der Waals surface area contributed by atoms with Crippen molar-refractivity contribution in [1.29, 1.82) is 0 Å². The van der Waals surface area contributed by atoms with Gasteiger partial charge < -0.3 is 9.30 Å². The van der Waals surface area contributed by atoms with Gasteiger partial charge in [0.25, 0.3) is 0 Å². The van der Waals surface area contributed by atoms with Crippen molar-refractivity contribution in [2.45, 2.75) is 25.9 Å². The van der Waals surface area contributed by atoms with E-state index in [0.29, 0.717) is 13.0 Å². The van der Waals surface area contributed by atoms with E-state index < -0.39 is 0 Å². The fourth-order valence-electron chi connectivity index (χ4n) is 1.22. The summed E-state index contributed by atoms with van der Waals surface area (Å²) >= 11 is 0. The summed E-state index contributed by atoms with van der Waals surface area (Å²) in [4.78, 5) is 11.3. The number of esters is 1. The topological polar surface area (TPSA) is 69.0 Å². The van der Waals surface area contributed by atoms with Crippen molar-refractivity contribution >= 4 is 5.97 Å². The van der Waals surface area contributed by atoms with Gasteiger partial charge in [-0.3, -0.25) is 10.1 Å². The molecule has 0 aliphatic heterocycles. The third-order valence-electron chi connectivity index (χ3n) is 2.21. The second kappa shape index (κ2) is 5.45. The lowest BCUT2D eigenvalue weighted by Crippen LogP contribution is -2.37. The summed E-state index contributed by atoms with van der Waals surface area (Å²) < 4.78 is 6.46. The van der Waals surface area contributed by atoms with Crippen LogP contribution in [0.15, 0.2) is 6.33 Å². The summed E-state index contributed by atoms with van der Waals surface area (Å²) in [7, 11) is 3.24. The summed E-state index contributed by atoms with van der Waals surface area (Å²) in [6.07, 6.45) is 2.31. The zero-order chi connectivity index (χ0) is 11.3. The highest BCUT2D eigenvalue weighted by Gasteiger charge is 2.16. The van der Waals surface area contributed by atoms with Gasteiger partial charge in [0.05, 0.1) is 13.7 Å². The van der Waals surface area contributed by atoms with Crippen LogP contribution in [0.2, 0.25) is 0 Å². The Balaban J connectivity index is 2.48. The monoisotopic (exact) mass is 212 g/mol. The Morgan fingerprint density at radius 1 is 1.73 bits per heavy atom. The van der Waals surface area contributed by atoms with Gasteiger partial charge in [-0.15, -0.1) is 10.2 Å². The van der Waals surface area contributed by atoms with Gasteiger partial charge in [0.2, 0.25) is 0 Å². The number of carbonyl (C=O) groups excluding carboxylic acids is 1. The lowest BCUT2D eigenvalue weighted by molar-refractivity contribution is -0.143. The molecule has 15 heavy (non-hydrogen) atoms. The van der Waals surface area contributed by atoms with Crippen LogP contribution >= 0.6 is 0 Å². The first-order valence-electron chi connectivity index (χ1n) is 4.83. The standard InChI is InChI=1S/C9H16N4O2/c1-4-7(9(14)15-3)10-5-8-12-11-6-13(8)2/h6-7,10H,4-5H2,1-3H3. The fourth-order valence-corrected chi connectivity index (χ4v) is 1.22. The van der Waals surface area contributed by atoms with E-state index in [9.17, 15) is 4.79 Å². The Hall–Kier alpha value is -1.43. The van der Waals surface area contributed by atoms with Crippen molar-refractivity contribution in [3.8, 4) is 0 Å². The van der Waals surface area contributed by atoms with E-state index in [-0.39, 0.29) is 12.0 Å². The largest absolute Gasteiger partial charge is 0.468 e. The second-order valence-electron chi connectivity index (χ2n) is 3.22. The van der Waals surface area contributed by atoms with Gasteiger partial charge in [-0.05, 0) is 6.42 Å². The Morgan fingerprint density at radius 2 is 2.47 bits per heavy atom. The Morgan fingerprint density at radius 3 is 2.93 bits per heavy atom. The highest BCUT2D eigenvalue weighted by molar-refractivity contribution is 5.75. The molecular weight excluding hydrogens is 196 g/mol. The van der Waals surface area contributed by atoms with Crippen LogP contribution in [0.5, 0.6) is 0 Å². The molecule has 0 saturated carbocycles. The number of hydrogen-bond acceptors (Lipinski definition) is 5. The Labute approximate surface area is 88.6 Å². The molecule has 6 heteroatoms. The van der Waals surface area contributed by atoms with E-state index in [1.165, 1.54) is 7.11 Å². The van der Waals surface area contributed by atoms with Gasteiger partial charge in [0, 0.05) is 7.05 Å². The van der Waals surface area contributed by atoms with Crippen LogP contribution in [-0.4, -0.2) is 33.9 Å². The highest BCUT2D eigenvalue weighted by Crippen LogP contribution is 1.97. The predicted octanol–water partition coefficient (Wildman–Crippen LogP) is -0.144. The normalized spacial score (nSPS) is 12.5. The lowest BCUT2D eigenvalue weighted by atomic mass is 10.2. The van der Waals surface area contributed by atoms with Gasteiger partial charge in [0.15, 0.2) is 0 Å². The number of ether oxygens (including phenoxy) is 1. The maximum Gasteiger partial charge on any atom is 0.322 e. The highest BCUT2D eigenvalue weighted by atomic mass is 16.5. The van der Waals surface area contributed by atoms with Gasteiger partial charge in [-0.25, -0.2) is 0 Å². The summed E-state index contributed by atoms with van der Waals surface area (Å²) in [5.41, 5.74) is 0. The molecule has 1 unspecified atom stereocenters. The number of aryl methyl sites for hydroxylation is 1. The molecule has 1 N–H and O–H groups in total. The number of carbonyl (C=O) groups is 1. The lowest BCUT2D eigenvalue weighted by Gasteiger charge is -2.13. The molecule has 0 bridgehead atoms. The zero-order valence-corrected chi connectivity index (χ0v) is 9.23. The van der Waals surface area contributed by atoms with Crippen LogP contribution in [0, 0.1) is 0 Å². The molecule has 6 nitrogen and oxygen atoms in total. The zero-order valence-electron chi connectivity index (χ0n) is 9.23. The molecule has 0 aliphatic rings. The SMILES string of the molecule is CCC(NCc1nncn1C)C(=O)OC. The van der Waals surface area contributed by atoms with E-state index in [4.69, 9.17) is 0 Å². The smallest absolute Gasteiger partial charge is 0.322 e. The van der Waals surface area contributed by atoms with Crippen LogP contribution in [0.4, 0.5) is 0 Å².